The van der Waals surface area contributed by atoms with E-state index in [9.17, 15) is 4.79 Å². The molecular weight excluding hydrogens is 440 g/mol. The van der Waals surface area contributed by atoms with Gasteiger partial charge in [-0.2, -0.15) is 5.26 Å². The molecule has 0 fully saturated rings. The third-order valence-electron chi connectivity index (χ3n) is 6.24. The third-order valence-corrected chi connectivity index (χ3v) is 6.24. The summed E-state index contributed by atoms with van der Waals surface area (Å²) < 4.78 is 15.2. The third kappa shape index (κ3) is 4.32. The lowest BCUT2D eigenvalue weighted by atomic mass is 10.1. The quantitative estimate of drug-likeness (QED) is 0.308. The molecule has 5 rings (SSSR count). The van der Waals surface area contributed by atoms with Gasteiger partial charge in [-0.05, 0) is 36.9 Å². The lowest BCUT2D eigenvalue weighted by Gasteiger charge is -2.16. The number of hydrogen-bond acceptors (Lipinski definition) is 5. The Hall–Kier alpha value is -4.28. The van der Waals surface area contributed by atoms with Crippen LogP contribution in [0, 0.1) is 11.3 Å². The zero-order valence-electron chi connectivity index (χ0n) is 19.8. The Morgan fingerprint density at radius 3 is 2.51 bits per heavy atom. The molecule has 0 aliphatic carbocycles. The zero-order chi connectivity index (χ0) is 24.4. The van der Waals surface area contributed by atoms with E-state index >= 15 is 0 Å². The van der Waals surface area contributed by atoms with Gasteiger partial charge in [0.25, 0.3) is 0 Å². The molecule has 3 heterocycles. The number of pyridine rings is 1. The second-order valence-corrected chi connectivity index (χ2v) is 8.62. The highest BCUT2D eigenvalue weighted by molar-refractivity contribution is 6.11. The number of para-hydroxylation sites is 2. The van der Waals surface area contributed by atoms with Crippen LogP contribution in [0.25, 0.3) is 27.3 Å². The van der Waals surface area contributed by atoms with Crippen LogP contribution in [0.4, 0.5) is 0 Å². The van der Waals surface area contributed by atoms with E-state index in [2.05, 4.69) is 40.9 Å². The highest BCUT2D eigenvalue weighted by Gasteiger charge is 2.20. The average molecular weight is 467 g/mol. The van der Waals surface area contributed by atoms with Crippen LogP contribution in [-0.2, 0) is 18.3 Å². The van der Waals surface area contributed by atoms with E-state index in [1.165, 1.54) is 16.5 Å². The summed E-state index contributed by atoms with van der Waals surface area (Å²) in [5.74, 6) is 0.211. The maximum atomic E-state index is 13.2. The maximum Gasteiger partial charge on any atom is 0.341 e. The largest absolute Gasteiger partial charge is 0.477 e. The second-order valence-electron chi connectivity index (χ2n) is 8.62. The molecule has 0 aliphatic heterocycles. The van der Waals surface area contributed by atoms with Crippen molar-refractivity contribution >= 4 is 33.3 Å². The van der Waals surface area contributed by atoms with Crippen molar-refractivity contribution < 1.29 is 14.3 Å². The monoisotopic (exact) mass is 466 g/mol. The molecule has 35 heavy (non-hydrogen) atoms. The van der Waals surface area contributed by atoms with Crippen molar-refractivity contribution in [1.82, 2.24) is 13.9 Å². The van der Waals surface area contributed by atoms with Gasteiger partial charge in [-0.1, -0.05) is 36.4 Å². The number of carbonyl (C=O) groups excluding carboxylic acids is 1. The molecule has 3 aromatic heterocycles. The van der Waals surface area contributed by atoms with Crippen molar-refractivity contribution in [2.75, 3.05) is 26.8 Å². The zero-order valence-corrected chi connectivity index (χ0v) is 19.8. The normalized spacial score (nSPS) is 11.4. The van der Waals surface area contributed by atoms with Gasteiger partial charge in [-0.25, -0.2) is 4.79 Å². The topological polar surface area (TPSA) is 71.9 Å². The van der Waals surface area contributed by atoms with E-state index in [0.29, 0.717) is 17.9 Å². The summed E-state index contributed by atoms with van der Waals surface area (Å²) >= 11 is 0. The Labute approximate surface area is 203 Å². The molecule has 0 unspecified atom stereocenters. The standard InChI is InChI=1S/C28H26N4O3/c1-30(17-20-18-31(2)24-9-5-3-7-22(20)24)14-16-35-28(33)27-23-8-4-6-10-25(23)32-19-21(34-15-13-29)11-12-26(27)32/h3-12,18-19H,14-17H2,1-2H3. The number of nitriles is 1. The van der Waals surface area contributed by atoms with Gasteiger partial charge < -0.3 is 18.4 Å². The number of likely N-dealkylation sites (N-methyl/N-ethyl adjacent to an activating group) is 1. The summed E-state index contributed by atoms with van der Waals surface area (Å²) in [6.07, 6.45) is 3.95. The number of aromatic nitrogens is 2. The summed E-state index contributed by atoms with van der Waals surface area (Å²) in [4.78, 5) is 15.3. The van der Waals surface area contributed by atoms with Crippen molar-refractivity contribution in [1.29, 1.82) is 5.26 Å². The highest BCUT2D eigenvalue weighted by atomic mass is 16.5. The first-order valence-electron chi connectivity index (χ1n) is 11.5. The first-order valence-corrected chi connectivity index (χ1v) is 11.5. The minimum atomic E-state index is -0.354. The summed E-state index contributed by atoms with van der Waals surface area (Å²) in [5, 5.41) is 10.9. The lowest BCUT2D eigenvalue weighted by Crippen LogP contribution is -2.24. The van der Waals surface area contributed by atoms with Crippen LogP contribution < -0.4 is 4.74 Å². The Morgan fingerprint density at radius 1 is 0.971 bits per heavy atom. The van der Waals surface area contributed by atoms with Gasteiger partial charge in [0, 0.05) is 42.6 Å². The van der Waals surface area contributed by atoms with Gasteiger partial charge in [-0.3, -0.25) is 4.90 Å². The number of nitrogens with zero attached hydrogens (tertiary/aromatic N) is 4. The molecule has 0 amide bonds. The number of hydrogen-bond donors (Lipinski definition) is 0. The average Bonchev–Trinajstić information content (AvgIpc) is 3.37. The summed E-state index contributed by atoms with van der Waals surface area (Å²) in [7, 11) is 4.08. The number of ether oxygens (including phenoxy) is 2. The SMILES string of the molecule is CN(CCOC(=O)c1c2ccccc2n2cc(OCC#N)ccc12)Cc1cn(C)c2ccccc12. The first kappa shape index (κ1) is 22.5. The van der Waals surface area contributed by atoms with Crippen LogP contribution in [0.5, 0.6) is 5.75 Å². The molecule has 0 aliphatic rings. The fraction of sp³-hybridized carbons (Fsp3) is 0.214. The molecule has 7 nitrogen and oxygen atoms in total. The van der Waals surface area contributed by atoms with Gasteiger partial charge in [0.15, 0.2) is 6.61 Å². The first-order chi connectivity index (χ1) is 17.1. The highest BCUT2D eigenvalue weighted by Crippen LogP contribution is 2.29. The summed E-state index contributed by atoms with van der Waals surface area (Å²) in [6.45, 7) is 1.63. The minimum Gasteiger partial charge on any atom is -0.477 e. The Bertz CT molecular complexity index is 1570. The maximum absolute atomic E-state index is 13.2. The van der Waals surface area contributed by atoms with E-state index in [1.807, 2.05) is 53.9 Å². The van der Waals surface area contributed by atoms with E-state index in [-0.39, 0.29) is 19.2 Å². The van der Waals surface area contributed by atoms with Crippen LogP contribution in [0.1, 0.15) is 15.9 Å². The van der Waals surface area contributed by atoms with Crippen LogP contribution in [0.2, 0.25) is 0 Å². The molecule has 7 heteroatoms. The van der Waals surface area contributed by atoms with Gasteiger partial charge in [-0.15, -0.1) is 0 Å². The molecule has 0 spiro atoms. The molecule has 2 aromatic carbocycles. The van der Waals surface area contributed by atoms with Crippen molar-refractivity contribution in [2.45, 2.75) is 6.54 Å². The smallest absolute Gasteiger partial charge is 0.341 e. The molecular formula is C28H26N4O3. The van der Waals surface area contributed by atoms with Gasteiger partial charge in [0.1, 0.15) is 18.4 Å². The number of esters is 1. The van der Waals surface area contributed by atoms with Crippen LogP contribution in [-0.4, -0.2) is 46.6 Å². The van der Waals surface area contributed by atoms with Crippen LogP contribution >= 0.6 is 0 Å². The molecule has 5 aromatic rings. The molecule has 0 N–H and O–H groups in total. The number of fused-ring (bicyclic) bond motifs is 4. The molecule has 0 atom stereocenters. The molecule has 176 valence electrons. The number of rotatable bonds is 8. The molecule has 0 saturated heterocycles. The van der Waals surface area contributed by atoms with Gasteiger partial charge >= 0.3 is 5.97 Å². The fourth-order valence-corrected chi connectivity index (χ4v) is 4.62. The van der Waals surface area contributed by atoms with E-state index < -0.39 is 0 Å². The van der Waals surface area contributed by atoms with E-state index in [0.717, 1.165) is 23.0 Å². The number of aryl methyl sites for hydroxylation is 1. The number of carbonyl (C=O) groups is 1. The van der Waals surface area contributed by atoms with Crippen molar-refractivity contribution in [3.05, 3.63) is 84.2 Å². The van der Waals surface area contributed by atoms with Crippen LogP contribution in [0.15, 0.2) is 73.1 Å². The van der Waals surface area contributed by atoms with Crippen molar-refractivity contribution in [3.63, 3.8) is 0 Å². The van der Waals surface area contributed by atoms with E-state index in [1.54, 1.807) is 12.3 Å². The van der Waals surface area contributed by atoms with E-state index in [4.69, 9.17) is 14.7 Å². The number of benzene rings is 2. The van der Waals surface area contributed by atoms with Crippen molar-refractivity contribution in [2.24, 2.45) is 7.05 Å². The summed E-state index contributed by atoms with van der Waals surface area (Å²) in [5.41, 5.74) is 4.60. The Kier molecular flexibility index (Phi) is 6.13. The van der Waals surface area contributed by atoms with Gasteiger partial charge in [0.05, 0.1) is 22.8 Å². The molecule has 0 saturated carbocycles. The Morgan fingerprint density at radius 2 is 1.71 bits per heavy atom. The second kappa shape index (κ2) is 9.53. The van der Waals surface area contributed by atoms with Crippen molar-refractivity contribution in [3.8, 4) is 11.8 Å². The predicted molar refractivity (Wildman–Crippen MR) is 136 cm³/mol. The Balaban J connectivity index is 1.31. The van der Waals surface area contributed by atoms with Crippen LogP contribution in [0.3, 0.4) is 0 Å². The molecule has 0 radical (unpaired) electrons. The lowest BCUT2D eigenvalue weighted by molar-refractivity contribution is 0.0475. The summed E-state index contributed by atoms with van der Waals surface area (Å²) in [6, 6.07) is 21.6. The fourth-order valence-electron chi connectivity index (χ4n) is 4.62. The molecule has 0 bridgehead atoms. The predicted octanol–water partition coefficient (Wildman–Crippen LogP) is 4.78. The minimum absolute atomic E-state index is 0.0358. The van der Waals surface area contributed by atoms with Gasteiger partial charge in [0.2, 0.25) is 0 Å².